The number of methoxy groups -OCH3 is 1. The van der Waals surface area contributed by atoms with E-state index in [4.69, 9.17) is 14.6 Å². The minimum atomic E-state index is -3.87. The summed E-state index contributed by atoms with van der Waals surface area (Å²) < 4.78 is 61.4. The Kier molecular flexibility index (Phi) is 7.29. The Hall–Kier alpha value is -3.25. The van der Waals surface area contributed by atoms with Gasteiger partial charge in [0.2, 0.25) is 10.0 Å². The van der Waals surface area contributed by atoms with E-state index in [0.29, 0.717) is 0 Å². The van der Waals surface area contributed by atoms with Gasteiger partial charge in [-0.3, -0.25) is 4.79 Å². The molecule has 0 aliphatic carbocycles. The number of rotatable bonds is 8. The predicted octanol–water partition coefficient (Wildman–Crippen LogP) is 2.13. The quantitative estimate of drug-likeness (QED) is 0.596. The zero-order chi connectivity index (χ0) is 22.5. The number of halogens is 2. The van der Waals surface area contributed by atoms with Crippen LogP contribution in [0, 0.1) is 0 Å². The maximum atomic E-state index is 12.4. The molecule has 3 N–H and O–H groups in total. The van der Waals surface area contributed by atoms with Crippen molar-refractivity contribution >= 4 is 27.6 Å². The van der Waals surface area contributed by atoms with Crippen molar-refractivity contribution in [1.29, 1.82) is 0 Å². The fraction of sp³-hybridized carbons (Fsp3) is 0.222. The first kappa shape index (κ1) is 23.0. The SMILES string of the molecule is COc1cc(C(=O)OC(C)C(=O)Nc2ccc(S(N)(=O)=O)cc2)ccc1OC(F)F. The number of carbonyl (C=O) groups is 2. The number of carbonyl (C=O) groups excluding carboxylic acids is 2. The number of nitrogens with two attached hydrogens (primary N) is 1. The molecule has 1 amide bonds. The molecule has 12 heteroatoms. The Morgan fingerprint density at radius 1 is 1.07 bits per heavy atom. The van der Waals surface area contributed by atoms with E-state index in [9.17, 15) is 26.8 Å². The first-order valence-electron chi connectivity index (χ1n) is 8.29. The van der Waals surface area contributed by atoms with Gasteiger partial charge in [0.15, 0.2) is 17.6 Å². The molecule has 0 spiro atoms. The molecule has 1 atom stereocenters. The largest absolute Gasteiger partial charge is 0.493 e. The number of sulfonamides is 1. The predicted molar refractivity (Wildman–Crippen MR) is 101 cm³/mol. The molecule has 2 aromatic rings. The van der Waals surface area contributed by atoms with Gasteiger partial charge in [-0.2, -0.15) is 8.78 Å². The zero-order valence-electron chi connectivity index (χ0n) is 15.8. The van der Waals surface area contributed by atoms with Gasteiger partial charge in [0.25, 0.3) is 5.91 Å². The molecule has 2 aromatic carbocycles. The van der Waals surface area contributed by atoms with Crippen molar-refractivity contribution in [3.63, 3.8) is 0 Å². The summed E-state index contributed by atoms with van der Waals surface area (Å²) >= 11 is 0. The van der Waals surface area contributed by atoms with Crippen molar-refractivity contribution in [1.82, 2.24) is 0 Å². The van der Waals surface area contributed by atoms with Crippen LogP contribution in [0.1, 0.15) is 17.3 Å². The molecule has 0 saturated heterocycles. The van der Waals surface area contributed by atoms with Gasteiger partial charge in [0, 0.05) is 5.69 Å². The third-order valence-corrected chi connectivity index (χ3v) is 4.65. The molecule has 0 bridgehead atoms. The van der Waals surface area contributed by atoms with Crippen molar-refractivity contribution in [3.8, 4) is 11.5 Å². The minimum absolute atomic E-state index is 0.0504. The number of primary sulfonamides is 1. The van der Waals surface area contributed by atoms with E-state index in [1.807, 2.05) is 0 Å². The van der Waals surface area contributed by atoms with Gasteiger partial charge >= 0.3 is 12.6 Å². The molecule has 0 radical (unpaired) electrons. The second kappa shape index (κ2) is 9.50. The van der Waals surface area contributed by atoms with E-state index < -0.39 is 34.6 Å². The lowest BCUT2D eigenvalue weighted by Gasteiger charge is -2.15. The average Bonchev–Trinajstić information content (AvgIpc) is 2.67. The van der Waals surface area contributed by atoms with Gasteiger partial charge in [0.05, 0.1) is 17.6 Å². The monoisotopic (exact) mass is 444 g/mol. The highest BCUT2D eigenvalue weighted by atomic mass is 32.2. The molecule has 0 aromatic heterocycles. The average molecular weight is 444 g/mol. The molecular formula is C18H18F2N2O7S. The molecule has 0 heterocycles. The Labute approximate surface area is 170 Å². The number of alkyl halides is 2. The topological polar surface area (TPSA) is 134 Å². The number of hydrogen-bond acceptors (Lipinski definition) is 7. The van der Waals surface area contributed by atoms with Crippen LogP contribution in [0.2, 0.25) is 0 Å². The molecule has 0 aliphatic rings. The van der Waals surface area contributed by atoms with Crippen LogP contribution in [0.5, 0.6) is 11.5 Å². The first-order chi connectivity index (χ1) is 14.0. The third-order valence-electron chi connectivity index (χ3n) is 3.72. The van der Waals surface area contributed by atoms with Crippen molar-refractivity contribution in [2.75, 3.05) is 12.4 Å². The van der Waals surface area contributed by atoms with Crippen molar-refractivity contribution in [2.45, 2.75) is 24.5 Å². The first-order valence-corrected chi connectivity index (χ1v) is 9.83. The summed E-state index contributed by atoms with van der Waals surface area (Å²) in [5.74, 6) is -1.96. The highest BCUT2D eigenvalue weighted by molar-refractivity contribution is 7.89. The van der Waals surface area contributed by atoms with Crippen LogP contribution in [-0.2, 0) is 19.6 Å². The minimum Gasteiger partial charge on any atom is -0.493 e. The van der Waals surface area contributed by atoms with E-state index in [0.717, 1.165) is 12.1 Å². The van der Waals surface area contributed by atoms with Crippen LogP contribution in [-0.4, -0.2) is 40.1 Å². The smallest absolute Gasteiger partial charge is 0.387 e. The fourth-order valence-corrected chi connectivity index (χ4v) is 2.76. The summed E-state index contributed by atoms with van der Waals surface area (Å²) in [7, 11) is -2.66. The van der Waals surface area contributed by atoms with Crippen molar-refractivity contribution < 1.29 is 41.0 Å². The van der Waals surface area contributed by atoms with Crippen LogP contribution in [0.4, 0.5) is 14.5 Å². The molecule has 1 unspecified atom stereocenters. The normalized spacial score (nSPS) is 12.2. The Morgan fingerprint density at radius 3 is 2.23 bits per heavy atom. The van der Waals surface area contributed by atoms with Crippen LogP contribution in [0.15, 0.2) is 47.4 Å². The van der Waals surface area contributed by atoms with E-state index in [-0.39, 0.29) is 27.6 Å². The second-order valence-corrected chi connectivity index (χ2v) is 7.41. The summed E-state index contributed by atoms with van der Waals surface area (Å²) in [6, 6.07) is 8.47. The highest BCUT2D eigenvalue weighted by Crippen LogP contribution is 2.29. The van der Waals surface area contributed by atoms with Crippen molar-refractivity contribution in [3.05, 3.63) is 48.0 Å². The Morgan fingerprint density at radius 2 is 1.70 bits per heavy atom. The van der Waals surface area contributed by atoms with Gasteiger partial charge in [-0.25, -0.2) is 18.4 Å². The van der Waals surface area contributed by atoms with Gasteiger partial charge in [0.1, 0.15) is 0 Å². The molecule has 2 rings (SSSR count). The van der Waals surface area contributed by atoms with E-state index >= 15 is 0 Å². The summed E-state index contributed by atoms with van der Waals surface area (Å²) in [6.45, 7) is -1.75. The lowest BCUT2D eigenvalue weighted by molar-refractivity contribution is -0.123. The third kappa shape index (κ3) is 6.12. The fourth-order valence-electron chi connectivity index (χ4n) is 2.24. The van der Waals surface area contributed by atoms with Gasteiger partial charge in [-0.1, -0.05) is 0 Å². The number of anilines is 1. The number of amides is 1. The number of benzene rings is 2. The second-order valence-electron chi connectivity index (χ2n) is 5.85. The van der Waals surface area contributed by atoms with Crippen LogP contribution in [0.3, 0.4) is 0 Å². The lowest BCUT2D eigenvalue weighted by Crippen LogP contribution is -2.30. The zero-order valence-corrected chi connectivity index (χ0v) is 16.6. The number of esters is 1. The van der Waals surface area contributed by atoms with Gasteiger partial charge in [-0.15, -0.1) is 0 Å². The lowest BCUT2D eigenvalue weighted by atomic mass is 10.2. The maximum absolute atomic E-state index is 12.4. The molecule has 162 valence electrons. The summed E-state index contributed by atoms with van der Waals surface area (Å²) in [4.78, 5) is 24.3. The van der Waals surface area contributed by atoms with Crippen LogP contribution < -0.4 is 19.9 Å². The molecular weight excluding hydrogens is 426 g/mol. The number of ether oxygens (including phenoxy) is 3. The number of hydrogen-bond donors (Lipinski definition) is 2. The molecule has 0 saturated carbocycles. The summed E-state index contributed by atoms with van der Waals surface area (Å²) in [6.07, 6.45) is -1.22. The standard InChI is InChI=1S/C18H18F2N2O7S/c1-10(16(23)22-12-4-6-13(7-5-12)30(21,25)26)28-17(24)11-3-8-14(29-18(19)20)15(9-11)27-2/h3-10,18H,1-2H3,(H,22,23)(H2,21,25,26). The summed E-state index contributed by atoms with van der Waals surface area (Å²) in [5, 5.41) is 7.44. The van der Waals surface area contributed by atoms with E-state index in [1.165, 1.54) is 44.4 Å². The molecule has 0 aliphatic heterocycles. The molecule has 9 nitrogen and oxygen atoms in total. The Balaban J connectivity index is 2.03. The van der Waals surface area contributed by atoms with Gasteiger partial charge < -0.3 is 19.5 Å². The van der Waals surface area contributed by atoms with Gasteiger partial charge in [-0.05, 0) is 49.4 Å². The highest BCUT2D eigenvalue weighted by Gasteiger charge is 2.21. The van der Waals surface area contributed by atoms with Crippen LogP contribution >= 0.6 is 0 Å². The summed E-state index contributed by atoms with van der Waals surface area (Å²) in [5.41, 5.74) is 0.205. The van der Waals surface area contributed by atoms with Crippen molar-refractivity contribution in [2.24, 2.45) is 5.14 Å². The molecule has 30 heavy (non-hydrogen) atoms. The van der Waals surface area contributed by atoms with E-state index in [2.05, 4.69) is 10.1 Å². The van der Waals surface area contributed by atoms with Crippen LogP contribution in [0.25, 0.3) is 0 Å². The Bertz CT molecular complexity index is 1030. The van der Waals surface area contributed by atoms with E-state index in [1.54, 1.807) is 0 Å². The maximum Gasteiger partial charge on any atom is 0.387 e. The number of nitrogens with one attached hydrogen (secondary N) is 1. The molecule has 0 fully saturated rings.